The van der Waals surface area contributed by atoms with Crippen LogP contribution in [0.25, 0.3) is 10.2 Å². The molecule has 2 heterocycles. The van der Waals surface area contributed by atoms with E-state index in [1.807, 2.05) is 30.3 Å². The van der Waals surface area contributed by atoms with E-state index in [0.29, 0.717) is 16.8 Å². The molecule has 0 radical (unpaired) electrons. The average Bonchev–Trinajstić information content (AvgIpc) is 2.85. The second kappa shape index (κ2) is 4.27. The molecule has 0 aliphatic carbocycles. The summed E-state index contributed by atoms with van der Waals surface area (Å²) >= 11 is 1.28. The van der Waals surface area contributed by atoms with Gasteiger partial charge in [-0.3, -0.25) is 4.57 Å². The summed E-state index contributed by atoms with van der Waals surface area (Å²) in [7, 11) is 0. The number of hydrogen-bond donors (Lipinski definition) is 0. The fourth-order valence-electron chi connectivity index (χ4n) is 1.86. The Balaban J connectivity index is 2.21. The van der Waals surface area contributed by atoms with Gasteiger partial charge >= 0.3 is 11.4 Å². The third kappa shape index (κ3) is 1.78. The highest BCUT2D eigenvalue weighted by Crippen LogP contribution is 2.16. The molecule has 0 unspecified atom stereocenters. The van der Waals surface area contributed by atoms with E-state index in [1.165, 1.54) is 15.9 Å². The summed E-state index contributed by atoms with van der Waals surface area (Å²) in [6, 6.07) is 11.3. The van der Waals surface area contributed by atoms with E-state index < -0.39 is 11.4 Å². The van der Waals surface area contributed by atoms with Crippen molar-refractivity contribution >= 4 is 21.6 Å². The zero-order valence-electron chi connectivity index (χ0n) is 9.33. The van der Waals surface area contributed by atoms with Crippen LogP contribution in [-0.2, 0) is 6.54 Å². The van der Waals surface area contributed by atoms with Crippen LogP contribution in [0.1, 0.15) is 5.56 Å². The zero-order valence-corrected chi connectivity index (χ0v) is 10.1. The van der Waals surface area contributed by atoms with Crippen LogP contribution in [0.2, 0.25) is 0 Å². The SMILES string of the molecule is O=c1oc(=O)n(Cc2ccccc2)c2ccsc12. The van der Waals surface area contributed by atoms with Gasteiger partial charge < -0.3 is 4.42 Å². The van der Waals surface area contributed by atoms with E-state index in [2.05, 4.69) is 0 Å². The van der Waals surface area contributed by atoms with Gasteiger partial charge in [-0.1, -0.05) is 30.3 Å². The Morgan fingerprint density at radius 3 is 2.67 bits per heavy atom. The van der Waals surface area contributed by atoms with Crippen LogP contribution in [0.5, 0.6) is 0 Å². The summed E-state index contributed by atoms with van der Waals surface area (Å²) in [5, 5.41) is 1.78. The molecule has 0 bridgehead atoms. The Hall–Kier alpha value is -2.14. The van der Waals surface area contributed by atoms with Gasteiger partial charge in [0, 0.05) is 0 Å². The summed E-state index contributed by atoms with van der Waals surface area (Å²) in [5.74, 6) is -0.616. The Labute approximate surface area is 106 Å². The first-order valence-electron chi connectivity index (χ1n) is 5.41. The van der Waals surface area contributed by atoms with Crippen molar-refractivity contribution in [2.75, 3.05) is 0 Å². The molecule has 0 N–H and O–H groups in total. The number of fused-ring (bicyclic) bond motifs is 1. The van der Waals surface area contributed by atoms with E-state index in [1.54, 1.807) is 11.4 Å². The predicted octanol–water partition coefficient (Wildman–Crippen LogP) is 2.06. The summed E-state index contributed by atoms with van der Waals surface area (Å²) in [5.41, 5.74) is 1.06. The van der Waals surface area contributed by atoms with Crippen LogP contribution in [0.15, 0.2) is 55.8 Å². The first kappa shape index (κ1) is 11.0. The van der Waals surface area contributed by atoms with Crippen LogP contribution in [-0.4, -0.2) is 4.57 Å². The van der Waals surface area contributed by atoms with E-state index in [-0.39, 0.29) is 0 Å². The van der Waals surface area contributed by atoms with E-state index in [4.69, 9.17) is 4.42 Å². The maximum atomic E-state index is 11.8. The van der Waals surface area contributed by atoms with Crippen LogP contribution >= 0.6 is 11.3 Å². The first-order valence-corrected chi connectivity index (χ1v) is 6.29. The van der Waals surface area contributed by atoms with Gasteiger partial charge in [-0.15, -0.1) is 11.3 Å². The number of benzene rings is 1. The molecule has 5 heteroatoms. The summed E-state index contributed by atoms with van der Waals surface area (Å²) in [6.45, 7) is 0.399. The van der Waals surface area contributed by atoms with Crippen molar-refractivity contribution in [3.63, 3.8) is 0 Å². The second-order valence-corrected chi connectivity index (χ2v) is 4.78. The molecule has 0 fully saturated rings. The molecule has 0 saturated heterocycles. The number of thiophene rings is 1. The number of aromatic nitrogens is 1. The summed E-state index contributed by atoms with van der Waals surface area (Å²) < 4.78 is 6.67. The summed E-state index contributed by atoms with van der Waals surface area (Å²) in [6.07, 6.45) is 0. The summed E-state index contributed by atoms with van der Waals surface area (Å²) in [4.78, 5) is 23.3. The van der Waals surface area contributed by atoms with Crippen LogP contribution in [0.4, 0.5) is 0 Å². The number of nitrogens with zero attached hydrogens (tertiary/aromatic N) is 1. The molecule has 1 aromatic carbocycles. The van der Waals surface area contributed by atoms with E-state index in [9.17, 15) is 9.59 Å². The van der Waals surface area contributed by atoms with Gasteiger partial charge in [0.2, 0.25) is 0 Å². The predicted molar refractivity (Wildman–Crippen MR) is 70.2 cm³/mol. The lowest BCUT2D eigenvalue weighted by molar-refractivity contribution is 0.426. The van der Waals surface area contributed by atoms with Crippen molar-refractivity contribution in [2.24, 2.45) is 0 Å². The normalized spacial score (nSPS) is 10.9. The van der Waals surface area contributed by atoms with Crippen LogP contribution in [0.3, 0.4) is 0 Å². The van der Waals surface area contributed by atoms with E-state index >= 15 is 0 Å². The fraction of sp³-hybridized carbons (Fsp3) is 0.0769. The highest BCUT2D eigenvalue weighted by atomic mass is 32.1. The molecule has 0 saturated carbocycles. The van der Waals surface area contributed by atoms with Crippen molar-refractivity contribution in [1.29, 1.82) is 0 Å². The van der Waals surface area contributed by atoms with Gasteiger partial charge in [0.05, 0.1) is 12.1 Å². The fourth-order valence-corrected chi connectivity index (χ4v) is 2.63. The Morgan fingerprint density at radius 2 is 1.89 bits per heavy atom. The minimum absolute atomic E-state index is 0.399. The molecule has 4 nitrogen and oxygen atoms in total. The van der Waals surface area contributed by atoms with Crippen molar-refractivity contribution in [3.8, 4) is 0 Å². The Morgan fingerprint density at radius 1 is 1.11 bits per heavy atom. The molecular formula is C13H9NO3S. The lowest BCUT2D eigenvalue weighted by atomic mass is 10.2. The zero-order chi connectivity index (χ0) is 12.5. The maximum absolute atomic E-state index is 11.8. The van der Waals surface area contributed by atoms with Crippen molar-refractivity contribution in [2.45, 2.75) is 6.54 Å². The van der Waals surface area contributed by atoms with Crippen molar-refractivity contribution in [1.82, 2.24) is 4.57 Å². The quantitative estimate of drug-likeness (QED) is 0.708. The first-order chi connectivity index (χ1) is 8.75. The lowest BCUT2D eigenvalue weighted by Gasteiger charge is -2.05. The second-order valence-electron chi connectivity index (χ2n) is 3.86. The van der Waals surface area contributed by atoms with Crippen LogP contribution < -0.4 is 11.4 Å². The smallest absolute Gasteiger partial charge is 0.371 e. The average molecular weight is 259 g/mol. The maximum Gasteiger partial charge on any atom is 0.422 e. The highest BCUT2D eigenvalue weighted by Gasteiger charge is 2.10. The minimum Gasteiger partial charge on any atom is -0.371 e. The third-order valence-electron chi connectivity index (χ3n) is 2.70. The molecule has 0 spiro atoms. The van der Waals surface area contributed by atoms with Gasteiger partial charge in [0.25, 0.3) is 0 Å². The monoisotopic (exact) mass is 259 g/mol. The minimum atomic E-state index is -0.616. The van der Waals surface area contributed by atoms with Gasteiger partial charge in [0.15, 0.2) is 0 Å². The molecule has 0 amide bonds. The van der Waals surface area contributed by atoms with Gasteiger partial charge in [-0.2, -0.15) is 0 Å². The molecule has 18 heavy (non-hydrogen) atoms. The van der Waals surface area contributed by atoms with Gasteiger partial charge in [-0.05, 0) is 17.0 Å². The molecule has 90 valence electrons. The standard InChI is InChI=1S/C13H9NO3S/c15-12-11-10(6-7-18-11)14(13(16)17-12)8-9-4-2-1-3-5-9/h1-7H,8H2. The molecule has 2 aromatic heterocycles. The van der Waals surface area contributed by atoms with Gasteiger partial charge in [0.1, 0.15) is 4.70 Å². The topological polar surface area (TPSA) is 52.2 Å². The number of rotatable bonds is 2. The highest BCUT2D eigenvalue weighted by molar-refractivity contribution is 7.17. The number of hydrogen-bond acceptors (Lipinski definition) is 4. The van der Waals surface area contributed by atoms with Crippen molar-refractivity contribution in [3.05, 3.63) is 68.3 Å². The molecule has 3 aromatic rings. The molecule has 0 aliphatic heterocycles. The molecule has 3 rings (SSSR count). The third-order valence-corrected chi connectivity index (χ3v) is 3.59. The Bertz CT molecular complexity index is 798. The van der Waals surface area contributed by atoms with E-state index in [0.717, 1.165) is 5.56 Å². The molecule has 0 atom stereocenters. The van der Waals surface area contributed by atoms with Crippen LogP contribution in [0, 0.1) is 0 Å². The molecule has 0 aliphatic rings. The largest absolute Gasteiger partial charge is 0.422 e. The lowest BCUT2D eigenvalue weighted by Crippen LogP contribution is -2.24. The molecular weight excluding hydrogens is 250 g/mol. The Kier molecular flexibility index (Phi) is 2.60. The van der Waals surface area contributed by atoms with Crippen molar-refractivity contribution < 1.29 is 4.42 Å². The van der Waals surface area contributed by atoms with Gasteiger partial charge in [-0.25, -0.2) is 9.59 Å².